The Labute approximate surface area is 175 Å². The monoisotopic (exact) mass is 408 g/mol. The van der Waals surface area contributed by atoms with Crippen molar-refractivity contribution in [3.05, 3.63) is 0 Å². The molecule has 0 unspecified atom stereocenters. The Morgan fingerprint density at radius 3 is 2.55 bits per heavy atom. The van der Waals surface area contributed by atoms with Gasteiger partial charge in [0.05, 0.1) is 12.7 Å². The number of fused-ring (bicyclic) bond motifs is 1. The first-order valence-electron chi connectivity index (χ1n) is 11.5. The molecule has 0 radical (unpaired) electrons. The summed E-state index contributed by atoms with van der Waals surface area (Å²) in [5, 5.41) is 14.6. The minimum absolute atomic E-state index is 0.00608. The van der Waals surface area contributed by atoms with Crippen molar-refractivity contribution in [2.45, 2.75) is 77.9 Å². The van der Waals surface area contributed by atoms with Gasteiger partial charge in [0.15, 0.2) is 0 Å². The topological polar surface area (TPSA) is 78.9 Å². The summed E-state index contributed by atoms with van der Waals surface area (Å²) in [7, 11) is 1.60. The lowest BCUT2D eigenvalue weighted by atomic mass is 9.51. The third kappa shape index (κ3) is 4.63. The zero-order valence-electron chi connectivity index (χ0n) is 18.7. The van der Waals surface area contributed by atoms with Gasteiger partial charge < -0.3 is 20.1 Å². The van der Waals surface area contributed by atoms with Gasteiger partial charge in [-0.2, -0.15) is 0 Å². The largest absolute Gasteiger partial charge is 0.392 e. The van der Waals surface area contributed by atoms with E-state index in [0.717, 1.165) is 51.6 Å². The molecular formula is C23H40N2O4. The molecule has 0 aromatic heterocycles. The van der Waals surface area contributed by atoms with E-state index in [-0.39, 0.29) is 46.9 Å². The van der Waals surface area contributed by atoms with Gasteiger partial charge in [-0.3, -0.25) is 9.59 Å². The number of ether oxygens (including phenoxy) is 1. The Balaban J connectivity index is 1.69. The van der Waals surface area contributed by atoms with E-state index < -0.39 is 6.10 Å². The molecule has 3 fully saturated rings. The van der Waals surface area contributed by atoms with Crippen LogP contribution >= 0.6 is 0 Å². The number of hydrogen-bond donors (Lipinski definition) is 2. The van der Waals surface area contributed by atoms with Crippen LogP contribution in [0.1, 0.15) is 65.7 Å². The third-order valence-electron chi connectivity index (χ3n) is 8.22. The summed E-state index contributed by atoms with van der Waals surface area (Å²) in [6.07, 6.45) is 5.97. The molecule has 2 N–H and O–H groups in total. The standard InChI is InChI=1S/C23H40N2O4/c1-15(22(28)25-12-5-6-13-25)17-7-10-23(3)11-8-18(16(2)20(23)21(17)27)24-19(26)9-14-29-4/h15-18,20-21,27H,5-14H2,1-4H3,(H,24,26)/t15-,16+,17-,18-,20+,21-,23-/m0/s1. The molecule has 2 aliphatic carbocycles. The number of methoxy groups -OCH3 is 1. The number of hydrogen-bond acceptors (Lipinski definition) is 4. The Bertz CT molecular complexity index is 591. The van der Waals surface area contributed by atoms with Crippen LogP contribution in [-0.2, 0) is 14.3 Å². The van der Waals surface area contributed by atoms with E-state index in [0.29, 0.717) is 13.0 Å². The summed E-state index contributed by atoms with van der Waals surface area (Å²) in [5.74, 6) is 0.390. The second-order valence-electron chi connectivity index (χ2n) is 10.0. The van der Waals surface area contributed by atoms with E-state index >= 15 is 0 Å². The van der Waals surface area contributed by atoms with Crippen molar-refractivity contribution >= 4 is 11.8 Å². The van der Waals surface area contributed by atoms with Gasteiger partial charge in [0.2, 0.25) is 11.8 Å². The Morgan fingerprint density at radius 2 is 1.90 bits per heavy atom. The first-order chi connectivity index (χ1) is 13.8. The molecule has 3 aliphatic rings. The summed E-state index contributed by atoms with van der Waals surface area (Å²) >= 11 is 0. The SMILES string of the molecule is COCCC(=O)N[C@H]1CC[C@]2(C)CC[C@@H]([C@H](C)C(=O)N3CCCC3)[C@H](O)[C@H]2[C@@H]1C. The molecule has 0 aromatic carbocycles. The fourth-order valence-corrected chi connectivity index (χ4v) is 6.38. The highest BCUT2D eigenvalue weighted by Gasteiger charge is 2.54. The van der Waals surface area contributed by atoms with Crippen LogP contribution in [-0.4, -0.2) is 60.8 Å². The average molecular weight is 409 g/mol. The molecule has 1 aliphatic heterocycles. The number of aliphatic hydroxyl groups is 1. The Morgan fingerprint density at radius 1 is 1.24 bits per heavy atom. The van der Waals surface area contributed by atoms with Crippen LogP contribution in [0.3, 0.4) is 0 Å². The number of carbonyl (C=O) groups is 2. The van der Waals surface area contributed by atoms with Gasteiger partial charge >= 0.3 is 0 Å². The van der Waals surface area contributed by atoms with Crippen LogP contribution in [0.25, 0.3) is 0 Å². The molecule has 6 nitrogen and oxygen atoms in total. The first kappa shape index (κ1) is 22.5. The normalized spacial score (nSPS) is 38.4. The summed E-state index contributed by atoms with van der Waals surface area (Å²) in [4.78, 5) is 27.2. The van der Waals surface area contributed by atoms with Crippen molar-refractivity contribution in [2.75, 3.05) is 26.8 Å². The number of nitrogens with one attached hydrogen (secondary N) is 1. The van der Waals surface area contributed by atoms with Gasteiger partial charge in [-0.1, -0.05) is 20.8 Å². The van der Waals surface area contributed by atoms with Gasteiger partial charge in [-0.05, 0) is 61.7 Å². The number of rotatable bonds is 6. The highest BCUT2D eigenvalue weighted by atomic mass is 16.5. The van der Waals surface area contributed by atoms with Gasteiger partial charge in [0.1, 0.15) is 0 Å². The highest BCUT2D eigenvalue weighted by molar-refractivity contribution is 5.79. The molecule has 2 saturated carbocycles. The fourth-order valence-electron chi connectivity index (χ4n) is 6.38. The predicted octanol–water partition coefficient (Wildman–Crippen LogP) is 2.59. The third-order valence-corrected chi connectivity index (χ3v) is 8.22. The molecule has 2 amide bonds. The number of amides is 2. The van der Waals surface area contributed by atoms with Crippen molar-refractivity contribution in [3.8, 4) is 0 Å². The molecule has 29 heavy (non-hydrogen) atoms. The summed E-state index contributed by atoms with van der Waals surface area (Å²) < 4.78 is 5.02. The van der Waals surface area contributed by atoms with E-state index in [1.807, 2.05) is 11.8 Å². The van der Waals surface area contributed by atoms with E-state index in [9.17, 15) is 14.7 Å². The van der Waals surface area contributed by atoms with Crippen LogP contribution in [0.2, 0.25) is 0 Å². The van der Waals surface area contributed by atoms with Gasteiger partial charge in [0, 0.05) is 38.6 Å². The van der Waals surface area contributed by atoms with Crippen molar-refractivity contribution in [3.63, 3.8) is 0 Å². The smallest absolute Gasteiger partial charge is 0.225 e. The summed E-state index contributed by atoms with van der Waals surface area (Å²) in [6.45, 7) is 8.62. The van der Waals surface area contributed by atoms with Crippen LogP contribution in [0.15, 0.2) is 0 Å². The highest BCUT2D eigenvalue weighted by Crippen LogP contribution is 2.55. The maximum atomic E-state index is 13.0. The van der Waals surface area contributed by atoms with Crippen LogP contribution in [0, 0.1) is 29.1 Å². The maximum absolute atomic E-state index is 13.0. The second kappa shape index (κ2) is 9.34. The second-order valence-corrected chi connectivity index (χ2v) is 10.0. The van der Waals surface area contributed by atoms with Gasteiger partial charge in [-0.25, -0.2) is 0 Å². The lowest BCUT2D eigenvalue weighted by Crippen LogP contribution is -2.58. The van der Waals surface area contributed by atoms with Crippen LogP contribution in [0.4, 0.5) is 0 Å². The lowest BCUT2D eigenvalue weighted by Gasteiger charge is -2.56. The van der Waals surface area contributed by atoms with Crippen LogP contribution in [0.5, 0.6) is 0 Å². The van der Waals surface area contributed by atoms with E-state index in [4.69, 9.17) is 4.74 Å². The number of nitrogens with zero attached hydrogens (tertiary/aromatic N) is 1. The number of carbonyl (C=O) groups excluding carboxylic acids is 2. The predicted molar refractivity (Wildman–Crippen MR) is 112 cm³/mol. The molecule has 3 rings (SSSR count). The molecule has 166 valence electrons. The zero-order valence-corrected chi connectivity index (χ0v) is 18.7. The minimum Gasteiger partial charge on any atom is -0.392 e. The molecule has 1 heterocycles. The van der Waals surface area contributed by atoms with E-state index in [1.165, 1.54) is 0 Å². The van der Waals surface area contributed by atoms with Crippen molar-refractivity contribution in [2.24, 2.45) is 29.1 Å². The first-order valence-corrected chi connectivity index (χ1v) is 11.5. The van der Waals surface area contributed by atoms with Crippen molar-refractivity contribution in [1.29, 1.82) is 0 Å². The molecule has 6 heteroatoms. The van der Waals surface area contributed by atoms with Crippen molar-refractivity contribution < 1.29 is 19.4 Å². The molecule has 0 spiro atoms. The Hall–Kier alpha value is -1.14. The quantitative estimate of drug-likeness (QED) is 0.708. The van der Waals surface area contributed by atoms with Crippen LogP contribution < -0.4 is 5.32 Å². The van der Waals surface area contributed by atoms with Crippen molar-refractivity contribution in [1.82, 2.24) is 10.2 Å². The fraction of sp³-hybridized carbons (Fsp3) is 0.913. The molecule has 1 saturated heterocycles. The maximum Gasteiger partial charge on any atom is 0.225 e. The van der Waals surface area contributed by atoms with Gasteiger partial charge in [0.25, 0.3) is 0 Å². The summed E-state index contributed by atoms with van der Waals surface area (Å²) in [5.41, 5.74) is 0.0828. The zero-order chi connectivity index (χ0) is 21.2. The number of aliphatic hydroxyl groups excluding tert-OH is 1. The molecule has 0 bridgehead atoms. The Kier molecular flexibility index (Phi) is 7.26. The lowest BCUT2D eigenvalue weighted by molar-refractivity contribution is -0.150. The van der Waals surface area contributed by atoms with Gasteiger partial charge in [-0.15, -0.1) is 0 Å². The molecular weight excluding hydrogens is 368 g/mol. The number of likely N-dealkylation sites (tertiary alicyclic amines) is 1. The molecule has 0 aromatic rings. The average Bonchev–Trinajstić information content (AvgIpc) is 3.22. The summed E-state index contributed by atoms with van der Waals surface area (Å²) in [6, 6.07) is 0.0791. The molecule has 7 atom stereocenters. The van der Waals surface area contributed by atoms with E-state index in [1.54, 1.807) is 7.11 Å². The van der Waals surface area contributed by atoms with E-state index in [2.05, 4.69) is 19.2 Å². The minimum atomic E-state index is -0.496.